The molecule has 4 nitrogen and oxygen atoms in total. The molecule has 0 aliphatic heterocycles. The largest absolute Gasteiger partial charge is 0.399 e. The highest BCUT2D eigenvalue weighted by atomic mass is 32.2. The Labute approximate surface area is 97.6 Å². The van der Waals surface area contributed by atoms with Crippen LogP contribution in [0.4, 0.5) is 5.69 Å². The number of anilines is 1. The average Bonchev–Trinajstić information content (AvgIpc) is 2.27. The molecule has 1 atom stereocenters. The van der Waals surface area contributed by atoms with E-state index < -0.39 is 9.92 Å². The van der Waals surface area contributed by atoms with Crippen LogP contribution in [0.5, 0.6) is 0 Å². The Morgan fingerprint density at radius 1 is 1.38 bits per heavy atom. The van der Waals surface area contributed by atoms with Crippen LogP contribution in [0.2, 0.25) is 0 Å². The lowest BCUT2D eigenvalue weighted by Gasteiger charge is -2.10. The molecule has 1 rings (SSSR count). The number of benzene rings is 1. The maximum atomic E-state index is 12.5. The van der Waals surface area contributed by atoms with Crippen molar-refractivity contribution in [1.29, 1.82) is 0 Å². The molecule has 0 fully saturated rings. The molecule has 1 aromatic rings. The van der Waals surface area contributed by atoms with Gasteiger partial charge in [0.1, 0.15) is 9.92 Å². The lowest BCUT2D eigenvalue weighted by Crippen LogP contribution is -2.19. The molecule has 0 aliphatic rings. The fraction of sp³-hybridized carbons (Fsp3) is 0.455. The summed E-state index contributed by atoms with van der Waals surface area (Å²) in [5.41, 5.74) is 6.25. The van der Waals surface area contributed by atoms with Gasteiger partial charge < -0.3 is 5.73 Å². The Kier molecular flexibility index (Phi) is 4.32. The molecule has 1 aromatic carbocycles. The first-order valence-electron chi connectivity index (χ1n) is 5.25. The topological polar surface area (TPSA) is 67.5 Å². The van der Waals surface area contributed by atoms with Crippen LogP contribution in [0.25, 0.3) is 0 Å². The zero-order valence-corrected chi connectivity index (χ0v) is 10.8. The molecule has 0 amide bonds. The van der Waals surface area contributed by atoms with Crippen LogP contribution in [0.15, 0.2) is 33.5 Å². The summed E-state index contributed by atoms with van der Waals surface area (Å²) >= 11 is 0. The molecule has 0 saturated heterocycles. The maximum absolute atomic E-state index is 12.5. The third-order valence-corrected chi connectivity index (χ3v) is 4.07. The van der Waals surface area contributed by atoms with E-state index >= 15 is 0 Å². The summed E-state index contributed by atoms with van der Waals surface area (Å²) in [6.07, 6.45) is 0. The van der Waals surface area contributed by atoms with E-state index in [-0.39, 0.29) is 0 Å². The van der Waals surface area contributed by atoms with Gasteiger partial charge in [0.25, 0.3) is 0 Å². The fourth-order valence-electron chi connectivity index (χ4n) is 1.16. The molecule has 0 bridgehead atoms. The first kappa shape index (κ1) is 13.0. The van der Waals surface area contributed by atoms with E-state index in [0.717, 1.165) is 0 Å². The van der Waals surface area contributed by atoms with Crippen LogP contribution in [-0.4, -0.2) is 17.8 Å². The van der Waals surface area contributed by atoms with Crippen molar-refractivity contribution in [2.24, 2.45) is 10.3 Å². The normalized spacial score (nSPS) is 14.8. The monoisotopic (exact) mass is 241 g/mol. The smallest absolute Gasteiger partial charge is 0.137 e. The van der Waals surface area contributed by atoms with Crippen molar-refractivity contribution in [2.45, 2.75) is 18.7 Å². The van der Waals surface area contributed by atoms with E-state index in [9.17, 15) is 4.21 Å². The Morgan fingerprint density at radius 2 is 1.94 bits per heavy atom. The van der Waals surface area contributed by atoms with Gasteiger partial charge in [0.15, 0.2) is 0 Å². The van der Waals surface area contributed by atoms with Crippen LogP contribution in [0, 0.1) is 5.92 Å². The average molecular weight is 241 g/mol. The Morgan fingerprint density at radius 3 is 2.38 bits per heavy atom. The summed E-state index contributed by atoms with van der Waals surface area (Å²) < 4.78 is 19.5. The van der Waals surface area contributed by atoms with Crippen LogP contribution >= 0.6 is 0 Å². The van der Waals surface area contributed by atoms with Crippen molar-refractivity contribution in [3.05, 3.63) is 24.3 Å². The number of rotatable bonds is 4. The van der Waals surface area contributed by atoms with Gasteiger partial charge in [-0.2, -0.15) is 0 Å². The van der Waals surface area contributed by atoms with Crippen LogP contribution < -0.4 is 10.5 Å². The van der Waals surface area contributed by atoms with Crippen LogP contribution in [0.1, 0.15) is 13.8 Å². The van der Waals surface area contributed by atoms with E-state index in [2.05, 4.69) is 9.08 Å². The highest BCUT2D eigenvalue weighted by molar-refractivity contribution is 7.91. The maximum Gasteiger partial charge on any atom is 0.137 e. The molecule has 90 valence electrons. The molecule has 0 aromatic heterocycles. The van der Waals surface area contributed by atoms with Crippen molar-refractivity contribution in [3.8, 4) is 0 Å². The standard InChI is InChI=1S/C11H19N3OS/c1-9(2)8-14-16(15,13-3)11-6-4-10(12)5-7-11/h4-7,9H,8,12H2,1-3H3,(H,13,14,15). The van der Waals surface area contributed by atoms with E-state index in [1.54, 1.807) is 31.3 Å². The van der Waals surface area contributed by atoms with Gasteiger partial charge in [0.2, 0.25) is 0 Å². The van der Waals surface area contributed by atoms with Crippen molar-refractivity contribution >= 4 is 15.6 Å². The van der Waals surface area contributed by atoms with Crippen molar-refractivity contribution in [3.63, 3.8) is 0 Å². The van der Waals surface area contributed by atoms with Gasteiger partial charge in [-0.3, -0.25) is 0 Å². The van der Waals surface area contributed by atoms with Gasteiger partial charge in [-0.15, -0.1) is 0 Å². The second kappa shape index (κ2) is 5.32. The number of nitrogens with zero attached hydrogens (tertiary/aromatic N) is 1. The third-order valence-electron chi connectivity index (χ3n) is 2.10. The van der Waals surface area contributed by atoms with Gasteiger partial charge in [0, 0.05) is 5.69 Å². The first-order valence-corrected chi connectivity index (χ1v) is 6.76. The van der Waals surface area contributed by atoms with Gasteiger partial charge in [0.05, 0.1) is 11.4 Å². The molecule has 0 heterocycles. The van der Waals surface area contributed by atoms with Crippen molar-refractivity contribution in [1.82, 2.24) is 4.72 Å². The van der Waals surface area contributed by atoms with Gasteiger partial charge >= 0.3 is 0 Å². The number of hydrogen-bond acceptors (Lipinski definition) is 3. The SMILES string of the molecule is CNS(=O)(=NCC(C)C)c1ccc(N)cc1. The molecule has 0 spiro atoms. The number of nitrogens with two attached hydrogens (primary N) is 1. The van der Waals surface area contributed by atoms with E-state index in [4.69, 9.17) is 5.73 Å². The molecule has 1 unspecified atom stereocenters. The first-order chi connectivity index (χ1) is 7.48. The zero-order chi connectivity index (χ0) is 12.2. The van der Waals surface area contributed by atoms with E-state index in [1.807, 2.05) is 13.8 Å². The highest BCUT2D eigenvalue weighted by Gasteiger charge is 2.09. The summed E-state index contributed by atoms with van der Waals surface area (Å²) in [6, 6.07) is 6.96. The number of hydrogen-bond donors (Lipinski definition) is 2. The minimum atomic E-state index is -2.50. The second-order valence-corrected chi connectivity index (χ2v) is 6.19. The van der Waals surface area contributed by atoms with Crippen molar-refractivity contribution in [2.75, 3.05) is 19.3 Å². The summed E-state index contributed by atoms with van der Waals surface area (Å²) in [5, 5.41) is 0. The molecular weight excluding hydrogens is 222 g/mol. The van der Waals surface area contributed by atoms with Gasteiger partial charge in [-0.1, -0.05) is 13.8 Å². The molecular formula is C11H19N3OS. The highest BCUT2D eigenvalue weighted by Crippen LogP contribution is 2.14. The fourth-order valence-corrected chi connectivity index (χ4v) is 2.69. The predicted octanol–water partition coefficient (Wildman–Crippen LogP) is 1.89. The zero-order valence-electron chi connectivity index (χ0n) is 9.93. The molecule has 5 heteroatoms. The van der Waals surface area contributed by atoms with Crippen molar-refractivity contribution < 1.29 is 4.21 Å². The quantitative estimate of drug-likeness (QED) is 0.790. The second-order valence-electron chi connectivity index (χ2n) is 4.00. The van der Waals surface area contributed by atoms with Gasteiger partial charge in [-0.25, -0.2) is 13.3 Å². The minimum absolute atomic E-state index is 0.392. The van der Waals surface area contributed by atoms with E-state index in [0.29, 0.717) is 23.0 Å². The van der Waals surface area contributed by atoms with Crippen LogP contribution in [0.3, 0.4) is 0 Å². The number of nitrogen functional groups attached to an aromatic ring is 1. The lowest BCUT2D eigenvalue weighted by atomic mass is 10.2. The summed E-state index contributed by atoms with van der Waals surface area (Å²) in [6.45, 7) is 4.66. The third kappa shape index (κ3) is 3.21. The van der Waals surface area contributed by atoms with Gasteiger partial charge in [-0.05, 0) is 37.2 Å². The van der Waals surface area contributed by atoms with Crippen LogP contribution in [-0.2, 0) is 9.92 Å². The summed E-state index contributed by atoms with van der Waals surface area (Å²) in [4.78, 5) is 0.671. The Balaban J connectivity index is 3.10. The molecule has 16 heavy (non-hydrogen) atoms. The molecule has 0 radical (unpaired) electrons. The number of nitrogens with one attached hydrogen (secondary N) is 1. The summed E-state index contributed by atoms with van der Waals surface area (Å²) in [5.74, 6) is 0.392. The Hall–Kier alpha value is -1.07. The minimum Gasteiger partial charge on any atom is -0.399 e. The predicted molar refractivity (Wildman–Crippen MR) is 68.5 cm³/mol. The lowest BCUT2D eigenvalue weighted by molar-refractivity contribution is 0.644. The Bertz CT molecular complexity index is 445. The molecule has 3 N–H and O–H groups in total. The van der Waals surface area contributed by atoms with E-state index in [1.165, 1.54) is 0 Å². The molecule has 0 saturated carbocycles. The summed E-state index contributed by atoms with van der Waals surface area (Å²) in [7, 11) is -0.843. The molecule has 0 aliphatic carbocycles.